The van der Waals surface area contributed by atoms with Crippen molar-refractivity contribution in [3.63, 3.8) is 0 Å². The predicted molar refractivity (Wildman–Crippen MR) is 114 cm³/mol. The second kappa shape index (κ2) is 8.35. The molecule has 1 heterocycles. The number of amidine groups is 1. The molecule has 3 aromatic rings. The van der Waals surface area contributed by atoms with Crippen LogP contribution in [0.25, 0.3) is 0 Å². The van der Waals surface area contributed by atoms with Crippen LogP contribution >= 0.6 is 22.9 Å². The Hall–Kier alpha value is -2.36. The Morgan fingerprint density at radius 1 is 1.15 bits per heavy atom. The number of nitrogens with zero attached hydrogens (tertiary/aromatic N) is 2. The molecule has 132 valence electrons. The van der Waals surface area contributed by atoms with E-state index in [0.29, 0.717) is 11.6 Å². The predicted octanol–water partition coefficient (Wildman–Crippen LogP) is 6.74. The second-order valence-corrected chi connectivity index (χ2v) is 7.53. The molecule has 0 radical (unpaired) electrons. The summed E-state index contributed by atoms with van der Waals surface area (Å²) in [6, 6.07) is 18.3. The van der Waals surface area contributed by atoms with Gasteiger partial charge >= 0.3 is 0 Å². The average Bonchev–Trinajstić information content (AvgIpc) is 3.13. The molecule has 0 aliphatic heterocycles. The number of aryl methyl sites for hydroxylation is 2. The molecule has 0 atom stereocenters. The van der Waals surface area contributed by atoms with E-state index in [1.165, 1.54) is 4.88 Å². The minimum absolute atomic E-state index is 0.690. The summed E-state index contributed by atoms with van der Waals surface area (Å²) < 4.78 is 0. The number of aliphatic imine (C=N–C) groups is 1. The van der Waals surface area contributed by atoms with Crippen LogP contribution in [0.5, 0.6) is 0 Å². The third kappa shape index (κ3) is 4.24. The monoisotopic (exact) mass is 380 g/mol. The van der Waals surface area contributed by atoms with Crippen molar-refractivity contribution in [1.29, 1.82) is 0 Å². The number of thiophene rings is 1. The van der Waals surface area contributed by atoms with Crippen LogP contribution in [0.1, 0.15) is 21.6 Å². The number of halogens is 1. The van der Waals surface area contributed by atoms with E-state index >= 15 is 0 Å². The van der Waals surface area contributed by atoms with Gasteiger partial charge < -0.3 is 4.90 Å². The minimum Gasteiger partial charge on any atom is -0.328 e. The molecule has 4 heteroatoms. The van der Waals surface area contributed by atoms with Crippen molar-refractivity contribution in [2.75, 3.05) is 0 Å². The van der Waals surface area contributed by atoms with E-state index in [-0.39, 0.29) is 0 Å². The summed E-state index contributed by atoms with van der Waals surface area (Å²) in [5.41, 5.74) is 4.07. The summed E-state index contributed by atoms with van der Waals surface area (Å²) in [7, 11) is 0. The fourth-order valence-corrected chi connectivity index (χ4v) is 3.70. The molecule has 0 aliphatic rings. The van der Waals surface area contributed by atoms with Crippen molar-refractivity contribution in [3.8, 4) is 0 Å². The first kappa shape index (κ1) is 18.4. The molecule has 26 heavy (non-hydrogen) atoms. The molecule has 0 saturated carbocycles. The number of hydrogen-bond donors (Lipinski definition) is 0. The topological polar surface area (TPSA) is 15.6 Å². The molecule has 1 aromatic heterocycles. The molecule has 0 aliphatic carbocycles. The second-order valence-electron chi connectivity index (χ2n) is 6.10. The number of rotatable bonds is 5. The molecule has 3 rings (SSSR count). The van der Waals surface area contributed by atoms with E-state index in [0.717, 1.165) is 28.2 Å². The highest BCUT2D eigenvalue weighted by Gasteiger charge is 2.16. The Bertz CT molecular complexity index is 929. The Morgan fingerprint density at radius 2 is 1.96 bits per heavy atom. The summed E-state index contributed by atoms with van der Waals surface area (Å²) in [4.78, 5) is 8.25. The van der Waals surface area contributed by atoms with Gasteiger partial charge in [0.15, 0.2) is 0 Å². The van der Waals surface area contributed by atoms with Gasteiger partial charge in [0.2, 0.25) is 0 Å². The first-order valence-corrected chi connectivity index (χ1v) is 9.66. The van der Waals surface area contributed by atoms with Gasteiger partial charge in [-0.2, -0.15) is 0 Å². The maximum absolute atomic E-state index is 6.57. The van der Waals surface area contributed by atoms with E-state index in [1.54, 1.807) is 11.3 Å². The highest BCUT2D eigenvalue weighted by atomic mass is 35.5. The van der Waals surface area contributed by atoms with E-state index in [9.17, 15) is 0 Å². The van der Waals surface area contributed by atoms with Crippen LogP contribution in [0.4, 0.5) is 5.69 Å². The Balaban J connectivity index is 2.11. The summed E-state index contributed by atoms with van der Waals surface area (Å²) in [6.45, 7) is 8.80. The summed E-state index contributed by atoms with van der Waals surface area (Å²) >= 11 is 8.29. The number of para-hydroxylation sites is 1. The standard InChI is InChI=1S/C22H21ClN2S/c1-4-25(15-18-9-7-13-26-18)22(19-12-11-16(2)14-20(19)23)24-21-10-6-5-8-17(21)3/h4-14H,1,15H2,2-3H3. The van der Waals surface area contributed by atoms with Crippen LogP contribution in [-0.4, -0.2) is 10.7 Å². The van der Waals surface area contributed by atoms with E-state index in [4.69, 9.17) is 16.6 Å². The third-order valence-electron chi connectivity index (χ3n) is 4.11. The van der Waals surface area contributed by atoms with Crippen molar-refractivity contribution in [2.45, 2.75) is 20.4 Å². The zero-order chi connectivity index (χ0) is 18.5. The first-order valence-electron chi connectivity index (χ1n) is 8.41. The van der Waals surface area contributed by atoms with Crippen LogP contribution in [0.15, 0.2) is 77.7 Å². The van der Waals surface area contributed by atoms with Crippen molar-refractivity contribution >= 4 is 34.5 Å². The molecule has 0 fully saturated rings. The fourth-order valence-electron chi connectivity index (χ4n) is 2.68. The molecule has 0 spiro atoms. The highest BCUT2D eigenvalue weighted by molar-refractivity contribution is 7.09. The van der Waals surface area contributed by atoms with E-state index in [2.05, 4.69) is 48.0 Å². The number of hydrogen-bond acceptors (Lipinski definition) is 2. The molecule has 0 unspecified atom stereocenters. The quantitative estimate of drug-likeness (QED) is 0.353. The lowest BCUT2D eigenvalue weighted by Gasteiger charge is -2.23. The molecule has 2 aromatic carbocycles. The molecule has 0 bridgehead atoms. The zero-order valence-corrected chi connectivity index (χ0v) is 16.5. The maximum Gasteiger partial charge on any atom is 0.142 e. The largest absolute Gasteiger partial charge is 0.328 e. The molecule has 0 N–H and O–H groups in total. The molecule has 2 nitrogen and oxygen atoms in total. The van der Waals surface area contributed by atoms with Crippen LogP contribution in [0.3, 0.4) is 0 Å². The van der Waals surface area contributed by atoms with E-state index < -0.39 is 0 Å². The van der Waals surface area contributed by atoms with Crippen molar-refractivity contribution < 1.29 is 0 Å². The van der Waals surface area contributed by atoms with Gasteiger partial charge in [-0.1, -0.05) is 48.5 Å². The van der Waals surface area contributed by atoms with Crippen LogP contribution < -0.4 is 0 Å². The lowest BCUT2D eigenvalue weighted by atomic mass is 10.1. The highest BCUT2D eigenvalue weighted by Crippen LogP contribution is 2.26. The minimum atomic E-state index is 0.690. The Morgan fingerprint density at radius 3 is 2.62 bits per heavy atom. The number of benzene rings is 2. The van der Waals surface area contributed by atoms with Crippen molar-refractivity contribution in [3.05, 3.63) is 99.3 Å². The molecular weight excluding hydrogens is 360 g/mol. The first-order chi connectivity index (χ1) is 12.6. The normalized spacial score (nSPS) is 11.4. The van der Waals surface area contributed by atoms with Gasteiger partial charge in [0.1, 0.15) is 5.84 Å². The smallest absolute Gasteiger partial charge is 0.142 e. The van der Waals surface area contributed by atoms with Crippen LogP contribution in [0, 0.1) is 13.8 Å². The van der Waals surface area contributed by atoms with Gasteiger partial charge in [0, 0.05) is 10.4 Å². The fraction of sp³-hybridized carbons (Fsp3) is 0.136. The van der Waals surface area contributed by atoms with Gasteiger partial charge in [0.05, 0.1) is 17.3 Å². The summed E-state index contributed by atoms with van der Waals surface area (Å²) in [5.74, 6) is 0.799. The Kier molecular flexibility index (Phi) is 5.92. The summed E-state index contributed by atoms with van der Waals surface area (Å²) in [5, 5.41) is 2.77. The van der Waals surface area contributed by atoms with Gasteiger partial charge in [-0.25, -0.2) is 4.99 Å². The van der Waals surface area contributed by atoms with Gasteiger partial charge in [-0.3, -0.25) is 0 Å². The van der Waals surface area contributed by atoms with Crippen LogP contribution in [0.2, 0.25) is 5.02 Å². The average molecular weight is 381 g/mol. The lowest BCUT2D eigenvalue weighted by molar-refractivity contribution is 0.561. The molecule has 0 amide bonds. The van der Waals surface area contributed by atoms with Gasteiger partial charge in [-0.05, 0) is 60.8 Å². The summed E-state index contributed by atoms with van der Waals surface area (Å²) in [6.07, 6.45) is 1.81. The third-order valence-corrected chi connectivity index (χ3v) is 5.28. The van der Waals surface area contributed by atoms with Crippen LogP contribution in [-0.2, 0) is 6.54 Å². The lowest BCUT2D eigenvalue weighted by Crippen LogP contribution is -2.26. The van der Waals surface area contributed by atoms with E-state index in [1.807, 2.05) is 43.5 Å². The van der Waals surface area contributed by atoms with Crippen molar-refractivity contribution in [1.82, 2.24) is 4.90 Å². The van der Waals surface area contributed by atoms with Gasteiger partial charge in [-0.15, -0.1) is 11.3 Å². The SMILES string of the molecule is C=CN(Cc1cccs1)C(=Nc1ccccc1C)c1ccc(C)cc1Cl. The maximum atomic E-state index is 6.57. The molecule has 0 saturated heterocycles. The Labute approximate surface area is 164 Å². The zero-order valence-electron chi connectivity index (χ0n) is 14.9. The van der Waals surface area contributed by atoms with Crippen molar-refractivity contribution in [2.24, 2.45) is 4.99 Å². The molecular formula is C22H21ClN2S. The van der Waals surface area contributed by atoms with Gasteiger partial charge in [0.25, 0.3) is 0 Å².